The Morgan fingerprint density at radius 1 is 1.47 bits per heavy atom. The van der Waals surface area contributed by atoms with Gasteiger partial charge in [0.25, 0.3) is 0 Å². The van der Waals surface area contributed by atoms with Gasteiger partial charge in [-0.25, -0.2) is 9.78 Å². The van der Waals surface area contributed by atoms with Gasteiger partial charge in [-0.3, -0.25) is 0 Å². The molecule has 0 amide bonds. The highest BCUT2D eigenvalue weighted by molar-refractivity contribution is 7.16. The van der Waals surface area contributed by atoms with E-state index in [-0.39, 0.29) is 10.7 Å². The molecule has 2 aromatic rings. The van der Waals surface area contributed by atoms with Crippen LogP contribution in [0, 0.1) is 11.3 Å². The number of anilines is 1. The van der Waals surface area contributed by atoms with Crippen LogP contribution in [0.2, 0.25) is 0 Å². The van der Waals surface area contributed by atoms with Crippen LogP contribution in [0.5, 0.6) is 0 Å². The molecule has 1 aromatic heterocycles. The van der Waals surface area contributed by atoms with Crippen LogP contribution in [0.25, 0.3) is 11.3 Å². The molecule has 0 aliphatic carbocycles. The third-order valence-corrected chi connectivity index (χ3v) is 2.95. The van der Waals surface area contributed by atoms with Crippen molar-refractivity contribution in [1.82, 2.24) is 4.98 Å². The molecule has 0 atom stereocenters. The van der Waals surface area contributed by atoms with E-state index in [1.807, 2.05) is 6.07 Å². The topological polar surface area (TPSA) is 100 Å². The summed E-state index contributed by atoms with van der Waals surface area (Å²) in [5.41, 5.74) is 6.37. The first kappa shape index (κ1) is 11.1. The number of carboxylic acids is 1. The molecule has 0 aliphatic heterocycles. The fourth-order valence-electron chi connectivity index (χ4n) is 1.47. The van der Waals surface area contributed by atoms with Crippen molar-refractivity contribution in [2.24, 2.45) is 0 Å². The Kier molecular flexibility index (Phi) is 2.77. The highest BCUT2D eigenvalue weighted by Gasteiger charge is 2.17. The maximum absolute atomic E-state index is 11.1. The summed E-state index contributed by atoms with van der Waals surface area (Å²) in [5.74, 6) is -1.06. The van der Waals surface area contributed by atoms with Crippen LogP contribution in [0.4, 0.5) is 5.13 Å². The zero-order valence-corrected chi connectivity index (χ0v) is 9.36. The molecule has 0 aliphatic rings. The van der Waals surface area contributed by atoms with Crippen molar-refractivity contribution in [2.45, 2.75) is 0 Å². The van der Waals surface area contributed by atoms with Crippen LogP contribution in [-0.2, 0) is 0 Å². The minimum absolute atomic E-state index is 0.106. The van der Waals surface area contributed by atoms with Gasteiger partial charge in [-0.2, -0.15) is 5.26 Å². The van der Waals surface area contributed by atoms with E-state index in [1.54, 1.807) is 18.2 Å². The summed E-state index contributed by atoms with van der Waals surface area (Å²) in [6.07, 6.45) is 0. The van der Waals surface area contributed by atoms with Gasteiger partial charge in [0.05, 0.1) is 5.56 Å². The van der Waals surface area contributed by atoms with Crippen LogP contribution in [0.1, 0.15) is 15.2 Å². The van der Waals surface area contributed by atoms with Gasteiger partial charge in [0.1, 0.15) is 16.6 Å². The number of nitrogens with two attached hydrogens (primary N) is 1. The van der Waals surface area contributed by atoms with E-state index in [0.29, 0.717) is 16.1 Å². The van der Waals surface area contributed by atoms with Crippen molar-refractivity contribution in [3.8, 4) is 17.3 Å². The van der Waals surface area contributed by atoms with Crippen molar-refractivity contribution >= 4 is 22.4 Å². The van der Waals surface area contributed by atoms with Gasteiger partial charge < -0.3 is 10.8 Å². The first-order valence-corrected chi connectivity index (χ1v) is 5.44. The Bertz CT molecular complexity index is 628. The van der Waals surface area contributed by atoms with E-state index in [4.69, 9.17) is 16.1 Å². The fraction of sp³-hybridized carbons (Fsp3) is 0. The van der Waals surface area contributed by atoms with Crippen molar-refractivity contribution < 1.29 is 9.90 Å². The van der Waals surface area contributed by atoms with E-state index in [1.165, 1.54) is 6.07 Å². The van der Waals surface area contributed by atoms with Crippen LogP contribution in [-0.4, -0.2) is 16.1 Å². The Morgan fingerprint density at radius 2 is 2.18 bits per heavy atom. The summed E-state index contributed by atoms with van der Waals surface area (Å²) in [7, 11) is 0. The molecule has 0 unspecified atom stereocenters. The van der Waals surface area contributed by atoms with Gasteiger partial charge in [0.15, 0.2) is 5.13 Å². The normalized spacial score (nSPS) is 9.82. The van der Waals surface area contributed by atoms with Crippen molar-refractivity contribution in [2.75, 3.05) is 5.73 Å². The van der Waals surface area contributed by atoms with Crippen molar-refractivity contribution in [1.29, 1.82) is 5.26 Å². The van der Waals surface area contributed by atoms with E-state index in [0.717, 1.165) is 11.3 Å². The van der Waals surface area contributed by atoms with Crippen LogP contribution in [0.15, 0.2) is 24.3 Å². The maximum atomic E-state index is 11.1. The lowest BCUT2D eigenvalue weighted by Crippen LogP contribution is -1.99. The van der Waals surface area contributed by atoms with E-state index in [9.17, 15) is 4.79 Å². The third-order valence-electron chi connectivity index (χ3n) is 2.16. The number of nitriles is 1. The average molecular weight is 245 g/mol. The van der Waals surface area contributed by atoms with E-state index in [2.05, 4.69) is 4.98 Å². The molecular weight excluding hydrogens is 238 g/mol. The molecular formula is C11H7N3O2S. The number of hydrogen-bond donors (Lipinski definition) is 2. The molecule has 84 valence electrons. The smallest absolute Gasteiger partial charge is 0.336 e. The molecule has 6 heteroatoms. The summed E-state index contributed by atoms with van der Waals surface area (Å²) >= 11 is 1.04. The number of thiazole rings is 1. The third kappa shape index (κ3) is 1.96. The Labute approximate surface area is 101 Å². The van der Waals surface area contributed by atoms with Gasteiger partial charge in [0.2, 0.25) is 0 Å². The Morgan fingerprint density at radius 3 is 2.82 bits per heavy atom. The summed E-state index contributed by atoms with van der Waals surface area (Å²) in [4.78, 5) is 15.4. The standard InChI is InChI=1S/C11H7N3O2S/c12-5-8-9(14-11(13)17-8)6-3-1-2-4-7(6)10(15)16/h1-4H,(H2,13,14)(H,15,16). The van der Waals surface area contributed by atoms with Crippen molar-refractivity contribution in [3.05, 3.63) is 34.7 Å². The summed E-state index contributed by atoms with van der Waals surface area (Å²) < 4.78 is 0. The van der Waals surface area contributed by atoms with E-state index >= 15 is 0 Å². The number of nitrogen functional groups attached to an aromatic ring is 1. The maximum Gasteiger partial charge on any atom is 0.336 e. The number of nitrogens with zero attached hydrogens (tertiary/aromatic N) is 2. The first-order chi connectivity index (χ1) is 8.13. The molecule has 0 spiro atoms. The molecule has 1 aromatic carbocycles. The fourth-order valence-corrected chi connectivity index (χ4v) is 2.12. The molecule has 0 bridgehead atoms. The van der Waals surface area contributed by atoms with Crippen LogP contribution >= 0.6 is 11.3 Å². The minimum Gasteiger partial charge on any atom is -0.478 e. The van der Waals surface area contributed by atoms with E-state index < -0.39 is 5.97 Å². The molecule has 0 fully saturated rings. The molecule has 0 radical (unpaired) electrons. The average Bonchev–Trinajstić information content (AvgIpc) is 2.70. The lowest BCUT2D eigenvalue weighted by Gasteiger charge is -2.02. The Hall–Kier alpha value is -2.39. The van der Waals surface area contributed by atoms with Gasteiger partial charge in [-0.05, 0) is 6.07 Å². The second kappa shape index (κ2) is 4.23. The minimum atomic E-state index is -1.06. The number of aromatic carboxylic acids is 1. The highest BCUT2D eigenvalue weighted by Crippen LogP contribution is 2.31. The quantitative estimate of drug-likeness (QED) is 0.842. The summed E-state index contributed by atoms with van der Waals surface area (Å²) in [6.45, 7) is 0. The predicted molar refractivity (Wildman–Crippen MR) is 63.6 cm³/mol. The molecule has 3 N–H and O–H groups in total. The van der Waals surface area contributed by atoms with Gasteiger partial charge in [-0.1, -0.05) is 29.5 Å². The molecule has 17 heavy (non-hydrogen) atoms. The summed E-state index contributed by atoms with van der Waals surface area (Å²) in [5, 5.41) is 18.2. The number of benzene rings is 1. The molecule has 0 saturated heterocycles. The molecule has 5 nitrogen and oxygen atoms in total. The lowest BCUT2D eigenvalue weighted by atomic mass is 10.0. The number of carbonyl (C=O) groups is 1. The zero-order chi connectivity index (χ0) is 12.4. The molecule has 1 heterocycles. The first-order valence-electron chi connectivity index (χ1n) is 4.62. The highest BCUT2D eigenvalue weighted by atomic mass is 32.1. The predicted octanol–water partition coefficient (Wildman–Crippen LogP) is 1.96. The number of carboxylic acid groups (broad SMARTS) is 1. The van der Waals surface area contributed by atoms with Crippen LogP contribution in [0.3, 0.4) is 0 Å². The monoisotopic (exact) mass is 245 g/mol. The SMILES string of the molecule is N#Cc1sc(N)nc1-c1ccccc1C(=O)O. The second-order valence-electron chi connectivity index (χ2n) is 3.19. The second-order valence-corrected chi connectivity index (χ2v) is 4.22. The number of hydrogen-bond acceptors (Lipinski definition) is 5. The van der Waals surface area contributed by atoms with Crippen LogP contribution < -0.4 is 5.73 Å². The Balaban J connectivity index is 2.69. The van der Waals surface area contributed by atoms with Gasteiger partial charge in [-0.15, -0.1) is 0 Å². The molecule has 2 rings (SSSR count). The summed E-state index contributed by atoms with van der Waals surface area (Å²) in [6, 6.07) is 8.35. The van der Waals surface area contributed by atoms with Crippen molar-refractivity contribution in [3.63, 3.8) is 0 Å². The number of aromatic nitrogens is 1. The largest absolute Gasteiger partial charge is 0.478 e. The lowest BCUT2D eigenvalue weighted by molar-refractivity contribution is 0.0697. The van der Waals surface area contributed by atoms with Gasteiger partial charge >= 0.3 is 5.97 Å². The molecule has 0 saturated carbocycles. The zero-order valence-electron chi connectivity index (χ0n) is 8.54. The number of rotatable bonds is 2. The van der Waals surface area contributed by atoms with Gasteiger partial charge in [0, 0.05) is 5.56 Å².